The average Bonchev–Trinajstić information content (AvgIpc) is 2.78. The van der Waals surface area contributed by atoms with Crippen molar-refractivity contribution in [1.29, 1.82) is 0 Å². The van der Waals surface area contributed by atoms with Gasteiger partial charge in [0.05, 0.1) is 11.1 Å². The van der Waals surface area contributed by atoms with E-state index in [-0.39, 0.29) is 5.91 Å². The SMILES string of the molecule is CN(C)c1cccc(Nc2cc(C(=O)NCc3cccnc3)c3ccccc3n2)c1. The van der Waals surface area contributed by atoms with Crippen LogP contribution in [0, 0.1) is 0 Å². The Morgan fingerprint density at radius 1 is 1.00 bits per heavy atom. The van der Waals surface area contributed by atoms with E-state index >= 15 is 0 Å². The number of benzene rings is 2. The molecule has 0 unspecified atom stereocenters. The van der Waals surface area contributed by atoms with Gasteiger partial charge in [-0.05, 0) is 42.0 Å². The molecule has 30 heavy (non-hydrogen) atoms. The number of rotatable bonds is 6. The molecule has 0 radical (unpaired) electrons. The van der Waals surface area contributed by atoms with Crippen molar-refractivity contribution >= 4 is 34.0 Å². The zero-order valence-electron chi connectivity index (χ0n) is 17.0. The third-order valence-corrected chi connectivity index (χ3v) is 4.77. The minimum Gasteiger partial charge on any atom is -0.378 e. The zero-order chi connectivity index (χ0) is 20.9. The molecule has 0 aliphatic heterocycles. The highest BCUT2D eigenvalue weighted by Crippen LogP contribution is 2.25. The van der Waals surface area contributed by atoms with Gasteiger partial charge in [-0.2, -0.15) is 0 Å². The molecular formula is C24H23N5O. The van der Waals surface area contributed by atoms with Crippen LogP contribution in [-0.2, 0) is 6.54 Å². The molecule has 0 fully saturated rings. The van der Waals surface area contributed by atoms with Gasteiger partial charge in [-0.15, -0.1) is 0 Å². The summed E-state index contributed by atoms with van der Waals surface area (Å²) >= 11 is 0. The molecule has 1 amide bonds. The predicted octanol–water partition coefficient (Wildman–Crippen LogP) is 4.37. The van der Waals surface area contributed by atoms with E-state index in [4.69, 9.17) is 4.98 Å². The Labute approximate surface area is 175 Å². The Kier molecular flexibility index (Phi) is 5.57. The number of nitrogens with zero attached hydrogens (tertiary/aromatic N) is 3. The lowest BCUT2D eigenvalue weighted by Gasteiger charge is -2.15. The highest BCUT2D eigenvalue weighted by Gasteiger charge is 2.13. The minimum absolute atomic E-state index is 0.150. The first-order valence-electron chi connectivity index (χ1n) is 9.71. The molecule has 0 atom stereocenters. The lowest BCUT2D eigenvalue weighted by atomic mass is 10.1. The van der Waals surface area contributed by atoms with Gasteiger partial charge in [0.1, 0.15) is 5.82 Å². The summed E-state index contributed by atoms with van der Waals surface area (Å²) in [7, 11) is 4.00. The van der Waals surface area contributed by atoms with E-state index in [1.807, 2.05) is 79.7 Å². The molecule has 6 heteroatoms. The second-order valence-corrected chi connectivity index (χ2v) is 7.19. The molecule has 0 saturated heterocycles. The van der Waals surface area contributed by atoms with Gasteiger partial charge < -0.3 is 15.5 Å². The normalized spacial score (nSPS) is 10.6. The molecule has 2 heterocycles. The van der Waals surface area contributed by atoms with E-state index in [0.717, 1.165) is 27.8 Å². The van der Waals surface area contributed by atoms with E-state index in [1.165, 1.54) is 0 Å². The molecule has 6 nitrogen and oxygen atoms in total. The number of amides is 1. The van der Waals surface area contributed by atoms with Crippen molar-refractivity contribution in [2.75, 3.05) is 24.3 Å². The Morgan fingerprint density at radius 2 is 1.87 bits per heavy atom. The maximum Gasteiger partial charge on any atom is 0.252 e. The molecule has 0 spiro atoms. The molecular weight excluding hydrogens is 374 g/mol. The Bertz CT molecular complexity index is 1170. The molecule has 150 valence electrons. The molecule has 0 aliphatic rings. The van der Waals surface area contributed by atoms with Crippen molar-refractivity contribution in [3.8, 4) is 0 Å². The fraction of sp³-hybridized carbons (Fsp3) is 0.125. The number of nitrogens with one attached hydrogen (secondary N) is 2. The van der Waals surface area contributed by atoms with Crippen LogP contribution in [0.4, 0.5) is 17.2 Å². The minimum atomic E-state index is -0.150. The fourth-order valence-corrected chi connectivity index (χ4v) is 3.22. The number of fused-ring (bicyclic) bond motifs is 1. The van der Waals surface area contributed by atoms with Crippen LogP contribution in [0.2, 0.25) is 0 Å². The summed E-state index contributed by atoms with van der Waals surface area (Å²) in [6.45, 7) is 0.414. The highest BCUT2D eigenvalue weighted by molar-refractivity contribution is 6.07. The molecule has 4 rings (SSSR count). The predicted molar refractivity (Wildman–Crippen MR) is 121 cm³/mol. The molecule has 0 bridgehead atoms. The second-order valence-electron chi connectivity index (χ2n) is 7.19. The largest absolute Gasteiger partial charge is 0.378 e. The van der Waals surface area contributed by atoms with Gasteiger partial charge in [0.15, 0.2) is 0 Å². The first-order valence-corrected chi connectivity index (χ1v) is 9.71. The maximum atomic E-state index is 13.0. The maximum absolute atomic E-state index is 13.0. The highest BCUT2D eigenvalue weighted by atomic mass is 16.1. The van der Waals surface area contributed by atoms with E-state index in [1.54, 1.807) is 18.5 Å². The lowest BCUT2D eigenvalue weighted by Crippen LogP contribution is -2.23. The number of hydrogen-bond acceptors (Lipinski definition) is 5. The van der Waals surface area contributed by atoms with Crippen molar-refractivity contribution in [3.05, 3.63) is 90.3 Å². The van der Waals surface area contributed by atoms with E-state index in [0.29, 0.717) is 17.9 Å². The van der Waals surface area contributed by atoms with Gasteiger partial charge >= 0.3 is 0 Å². The van der Waals surface area contributed by atoms with Crippen LogP contribution in [0.3, 0.4) is 0 Å². The van der Waals surface area contributed by atoms with Crippen LogP contribution in [0.1, 0.15) is 15.9 Å². The summed E-state index contributed by atoms with van der Waals surface area (Å²) in [6.07, 6.45) is 3.46. The van der Waals surface area contributed by atoms with Gasteiger partial charge in [-0.25, -0.2) is 4.98 Å². The summed E-state index contributed by atoms with van der Waals surface area (Å²) in [4.78, 5) is 23.8. The second kappa shape index (κ2) is 8.61. The van der Waals surface area contributed by atoms with Gasteiger partial charge in [0.2, 0.25) is 0 Å². The van der Waals surface area contributed by atoms with Gasteiger partial charge in [-0.3, -0.25) is 9.78 Å². The molecule has 4 aromatic rings. The van der Waals surface area contributed by atoms with Gasteiger partial charge in [-0.1, -0.05) is 30.3 Å². The number of pyridine rings is 2. The third-order valence-electron chi connectivity index (χ3n) is 4.77. The number of carbonyl (C=O) groups excluding carboxylic acids is 1. The van der Waals surface area contributed by atoms with Gasteiger partial charge in [0, 0.05) is 49.8 Å². The first kappa shape index (κ1) is 19.4. The number of aromatic nitrogens is 2. The van der Waals surface area contributed by atoms with Crippen LogP contribution in [0.25, 0.3) is 10.9 Å². The van der Waals surface area contributed by atoms with Crippen molar-refractivity contribution < 1.29 is 4.79 Å². The molecule has 0 saturated carbocycles. The van der Waals surface area contributed by atoms with Crippen molar-refractivity contribution in [3.63, 3.8) is 0 Å². The summed E-state index contributed by atoms with van der Waals surface area (Å²) in [5, 5.41) is 7.13. The topological polar surface area (TPSA) is 70.2 Å². The number of carbonyl (C=O) groups is 1. The first-order chi connectivity index (χ1) is 14.6. The Morgan fingerprint density at radius 3 is 2.67 bits per heavy atom. The van der Waals surface area contributed by atoms with Crippen LogP contribution in [-0.4, -0.2) is 30.0 Å². The number of para-hydroxylation sites is 1. The Balaban J connectivity index is 1.64. The van der Waals surface area contributed by atoms with Crippen molar-refractivity contribution in [1.82, 2.24) is 15.3 Å². The van der Waals surface area contributed by atoms with E-state index < -0.39 is 0 Å². The zero-order valence-corrected chi connectivity index (χ0v) is 17.0. The molecule has 2 aromatic heterocycles. The van der Waals surface area contributed by atoms with E-state index in [9.17, 15) is 4.79 Å². The van der Waals surface area contributed by atoms with Gasteiger partial charge in [0.25, 0.3) is 5.91 Å². The third kappa shape index (κ3) is 4.38. The summed E-state index contributed by atoms with van der Waals surface area (Å²) in [6, 6.07) is 21.3. The number of anilines is 3. The fourth-order valence-electron chi connectivity index (χ4n) is 3.22. The standard InChI is InChI=1S/C24H23N5O/c1-29(2)19-9-5-8-18(13-19)27-23-14-21(20-10-3-4-11-22(20)28-23)24(30)26-16-17-7-6-12-25-15-17/h3-15H,16H2,1-2H3,(H,26,30)(H,27,28). The van der Waals surface area contributed by atoms with Crippen molar-refractivity contribution in [2.24, 2.45) is 0 Å². The van der Waals surface area contributed by atoms with Crippen molar-refractivity contribution in [2.45, 2.75) is 6.54 Å². The monoisotopic (exact) mass is 397 g/mol. The Hall–Kier alpha value is -3.93. The quantitative estimate of drug-likeness (QED) is 0.506. The number of hydrogen-bond donors (Lipinski definition) is 2. The van der Waals surface area contributed by atoms with E-state index in [2.05, 4.69) is 15.6 Å². The van der Waals surface area contributed by atoms with Crippen LogP contribution in [0.5, 0.6) is 0 Å². The average molecular weight is 397 g/mol. The molecule has 2 N–H and O–H groups in total. The summed E-state index contributed by atoms with van der Waals surface area (Å²) in [5.74, 6) is 0.471. The van der Waals surface area contributed by atoms with Crippen LogP contribution in [0.15, 0.2) is 79.1 Å². The molecule has 2 aromatic carbocycles. The lowest BCUT2D eigenvalue weighted by molar-refractivity contribution is 0.0952. The molecule has 0 aliphatic carbocycles. The summed E-state index contributed by atoms with van der Waals surface area (Å²) in [5.41, 5.74) is 4.28. The van der Waals surface area contributed by atoms with Crippen LogP contribution >= 0.6 is 0 Å². The summed E-state index contributed by atoms with van der Waals surface area (Å²) < 4.78 is 0. The smallest absolute Gasteiger partial charge is 0.252 e. The van der Waals surface area contributed by atoms with Crippen LogP contribution < -0.4 is 15.5 Å².